The predicted molar refractivity (Wildman–Crippen MR) is 87.9 cm³/mol. The van der Waals surface area contributed by atoms with E-state index >= 15 is 0 Å². The number of esters is 1. The summed E-state index contributed by atoms with van der Waals surface area (Å²) in [5, 5.41) is 12.9. The molecule has 0 bridgehead atoms. The Bertz CT molecular complexity index is 819. The van der Waals surface area contributed by atoms with Crippen LogP contribution in [0, 0.1) is 10.1 Å². The van der Waals surface area contributed by atoms with Crippen LogP contribution >= 0.6 is 0 Å². The molecular formula is C14H17N3O8S. The molecule has 0 fully saturated rings. The minimum atomic E-state index is -4.19. The van der Waals surface area contributed by atoms with Gasteiger partial charge in [-0.3, -0.25) is 25.0 Å². The van der Waals surface area contributed by atoms with Gasteiger partial charge in [-0.1, -0.05) is 0 Å². The first-order valence-corrected chi connectivity index (χ1v) is 8.76. The van der Waals surface area contributed by atoms with Gasteiger partial charge in [-0.05, 0) is 26.0 Å². The minimum Gasteiger partial charge on any atom is -0.452 e. The van der Waals surface area contributed by atoms with Crippen LogP contribution in [-0.2, 0) is 24.2 Å². The molecule has 3 amide bonds. The summed E-state index contributed by atoms with van der Waals surface area (Å²) in [6.45, 7) is 2.23. The Balaban J connectivity index is 2.87. The molecule has 0 saturated carbocycles. The summed E-state index contributed by atoms with van der Waals surface area (Å²) in [6.07, 6.45) is -1.41. The number of non-ortho nitro benzene ring substituents is 1. The first kappa shape index (κ1) is 21.0. The van der Waals surface area contributed by atoms with Crippen LogP contribution in [0.2, 0.25) is 0 Å². The van der Waals surface area contributed by atoms with Crippen molar-refractivity contribution in [2.45, 2.75) is 30.1 Å². The van der Waals surface area contributed by atoms with Gasteiger partial charge >= 0.3 is 12.0 Å². The third-order valence-corrected chi connectivity index (χ3v) is 5.35. The molecule has 0 unspecified atom stereocenters. The van der Waals surface area contributed by atoms with E-state index < -0.39 is 44.0 Å². The number of hydrogen-bond donors (Lipinski definition) is 2. The number of carbonyl (C=O) groups excluding carboxylic acids is 3. The minimum absolute atomic E-state index is 0.307. The smallest absolute Gasteiger partial charge is 0.325 e. The highest BCUT2D eigenvalue weighted by atomic mass is 32.2. The molecule has 12 heteroatoms. The van der Waals surface area contributed by atoms with Gasteiger partial charge in [0.25, 0.3) is 11.6 Å². The Morgan fingerprint density at radius 1 is 1.15 bits per heavy atom. The van der Waals surface area contributed by atoms with Crippen molar-refractivity contribution in [1.82, 2.24) is 10.6 Å². The number of rotatable bonds is 6. The molecule has 26 heavy (non-hydrogen) atoms. The standard InChI is InChI=1S/C14H17N3O8S/c1-8(12(18)16-14(20)15-3)25-13(19)9(2)26(23,24)11-6-4-10(5-7-11)17(21)22/h4-9H,1-3H3,(H2,15,16,18,20)/t8-,9+/m1/s1. The van der Waals surface area contributed by atoms with Gasteiger partial charge in [-0.2, -0.15) is 0 Å². The first-order chi connectivity index (χ1) is 12.0. The molecule has 0 aliphatic rings. The maximum Gasteiger partial charge on any atom is 0.325 e. The fourth-order valence-electron chi connectivity index (χ4n) is 1.69. The lowest BCUT2D eigenvalue weighted by Crippen LogP contribution is -2.44. The van der Waals surface area contributed by atoms with Gasteiger partial charge in [0, 0.05) is 19.2 Å². The lowest BCUT2D eigenvalue weighted by atomic mass is 10.3. The van der Waals surface area contributed by atoms with Gasteiger partial charge in [0.15, 0.2) is 21.2 Å². The molecule has 0 radical (unpaired) electrons. The second kappa shape index (κ2) is 8.38. The number of nitrogens with one attached hydrogen (secondary N) is 2. The van der Waals surface area contributed by atoms with Crippen molar-refractivity contribution in [2.24, 2.45) is 0 Å². The summed E-state index contributed by atoms with van der Waals surface area (Å²) in [4.78, 5) is 44.3. The van der Waals surface area contributed by atoms with Crippen molar-refractivity contribution in [3.8, 4) is 0 Å². The van der Waals surface area contributed by atoms with Gasteiger partial charge in [-0.25, -0.2) is 13.2 Å². The molecule has 1 aromatic carbocycles. The van der Waals surface area contributed by atoms with Crippen LogP contribution in [-0.4, -0.2) is 49.7 Å². The molecule has 11 nitrogen and oxygen atoms in total. The number of amides is 3. The molecule has 0 aliphatic carbocycles. The lowest BCUT2D eigenvalue weighted by molar-refractivity contribution is -0.384. The summed E-state index contributed by atoms with van der Waals surface area (Å²) in [7, 11) is -2.91. The zero-order valence-electron chi connectivity index (χ0n) is 14.1. The van der Waals surface area contributed by atoms with Gasteiger partial charge in [0.05, 0.1) is 9.82 Å². The third kappa shape index (κ3) is 4.99. The zero-order valence-corrected chi connectivity index (χ0v) is 14.9. The van der Waals surface area contributed by atoms with E-state index in [0.717, 1.165) is 31.2 Å². The fraction of sp³-hybridized carbons (Fsp3) is 0.357. The Morgan fingerprint density at radius 2 is 1.69 bits per heavy atom. The summed E-state index contributed by atoms with van der Waals surface area (Å²) in [5.74, 6) is -2.14. The number of sulfone groups is 1. The van der Waals surface area contributed by atoms with E-state index in [9.17, 15) is 32.9 Å². The molecule has 1 rings (SSSR count). The van der Waals surface area contributed by atoms with Crippen LogP contribution in [0.1, 0.15) is 13.8 Å². The van der Waals surface area contributed by atoms with Crippen molar-refractivity contribution in [1.29, 1.82) is 0 Å². The number of urea groups is 1. The first-order valence-electron chi connectivity index (χ1n) is 7.22. The van der Waals surface area contributed by atoms with E-state index in [4.69, 9.17) is 4.74 Å². The van der Waals surface area contributed by atoms with Crippen molar-refractivity contribution < 1.29 is 32.5 Å². The zero-order chi connectivity index (χ0) is 20.1. The molecule has 0 heterocycles. The molecule has 0 spiro atoms. The molecule has 0 aliphatic heterocycles. The van der Waals surface area contributed by atoms with Crippen molar-refractivity contribution in [3.63, 3.8) is 0 Å². The maximum atomic E-state index is 12.4. The summed E-state index contributed by atoms with van der Waals surface area (Å²) >= 11 is 0. The van der Waals surface area contributed by atoms with Crippen LogP contribution < -0.4 is 10.6 Å². The van der Waals surface area contributed by atoms with Crippen LogP contribution in [0.15, 0.2) is 29.2 Å². The van der Waals surface area contributed by atoms with Gasteiger partial charge in [0.1, 0.15) is 0 Å². The summed E-state index contributed by atoms with van der Waals surface area (Å²) in [5.41, 5.74) is -0.307. The average Bonchev–Trinajstić information content (AvgIpc) is 2.60. The van der Waals surface area contributed by atoms with Crippen molar-refractivity contribution >= 4 is 33.4 Å². The number of nitro benzene ring substituents is 1. The number of imide groups is 1. The number of carbonyl (C=O) groups is 3. The highest BCUT2D eigenvalue weighted by molar-refractivity contribution is 7.92. The lowest BCUT2D eigenvalue weighted by Gasteiger charge is -2.16. The molecule has 0 saturated heterocycles. The SMILES string of the molecule is CNC(=O)NC(=O)[C@@H](C)OC(=O)[C@H](C)S(=O)(=O)c1ccc([N+](=O)[O-])cc1. The second-order valence-corrected chi connectivity index (χ2v) is 7.35. The Morgan fingerprint density at radius 3 is 2.15 bits per heavy atom. The molecule has 2 N–H and O–H groups in total. The number of hydrogen-bond acceptors (Lipinski definition) is 8. The molecule has 2 atom stereocenters. The van der Waals surface area contributed by atoms with E-state index in [1.165, 1.54) is 14.0 Å². The predicted octanol–water partition coefficient (Wildman–Crippen LogP) is 0.144. The van der Waals surface area contributed by atoms with E-state index in [1.807, 2.05) is 5.32 Å². The molecule has 142 valence electrons. The normalized spacial score (nSPS) is 13.2. The van der Waals surface area contributed by atoms with E-state index in [2.05, 4.69) is 5.32 Å². The Labute approximate surface area is 148 Å². The largest absolute Gasteiger partial charge is 0.452 e. The number of nitro groups is 1. The number of ether oxygens (including phenoxy) is 1. The summed E-state index contributed by atoms with van der Waals surface area (Å²) in [6, 6.07) is 3.16. The monoisotopic (exact) mass is 387 g/mol. The van der Waals surface area contributed by atoms with Crippen LogP contribution in [0.4, 0.5) is 10.5 Å². The summed E-state index contributed by atoms with van der Waals surface area (Å²) < 4.78 is 29.6. The van der Waals surface area contributed by atoms with Crippen LogP contribution in [0.5, 0.6) is 0 Å². The van der Waals surface area contributed by atoms with E-state index in [-0.39, 0.29) is 10.6 Å². The number of benzene rings is 1. The Kier molecular flexibility index (Phi) is 6.78. The molecule has 1 aromatic rings. The maximum absolute atomic E-state index is 12.4. The fourth-order valence-corrected chi connectivity index (χ4v) is 2.92. The number of nitrogens with zero attached hydrogens (tertiary/aromatic N) is 1. The van der Waals surface area contributed by atoms with Crippen molar-refractivity contribution in [2.75, 3.05) is 7.05 Å². The quantitative estimate of drug-likeness (QED) is 0.396. The second-order valence-electron chi connectivity index (χ2n) is 5.09. The van der Waals surface area contributed by atoms with Crippen LogP contribution in [0.3, 0.4) is 0 Å². The van der Waals surface area contributed by atoms with E-state index in [1.54, 1.807) is 0 Å². The van der Waals surface area contributed by atoms with Crippen molar-refractivity contribution in [3.05, 3.63) is 34.4 Å². The van der Waals surface area contributed by atoms with Gasteiger partial charge in [-0.15, -0.1) is 0 Å². The highest BCUT2D eigenvalue weighted by Crippen LogP contribution is 2.20. The average molecular weight is 387 g/mol. The molecule has 0 aromatic heterocycles. The molecular weight excluding hydrogens is 370 g/mol. The third-order valence-electron chi connectivity index (χ3n) is 3.30. The topological polar surface area (TPSA) is 162 Å². The Hall–Kier alpha value is -3.02. The van der Waals surface area contributed by atoms with Gasteiger partial charge < -0.3 is 10.1 Å². The van der Waals surface area contributed by atoms with Gasteiger partial charge in [0.2, 0.25) is 0 Å². The highest BCUT2D eigenvalue weighted by Gasteiger charge is 2.33. The van der Waals surface area contributed by atoms with Crippen LogP contribution in [0.25, 0.3) is 0 Å². The van der Waals surface area contributed by atoms with E-state index in [0.29, 0.717) is 0 Å².